The highest BCUT2D eigenvalue weighted by Crippen LogP contribution is 2.39. The minimum atomic E-state index is -0.914. The van der Waals surface area contributed by atoms with E-state index >= 15 is 0 Å². The zero-order chi connectivity index (χ0) is 20.3. The molecule has 0 aliphatic carbocycles. The second kappa shape index (κ2) is 6.52. The molecule has 6 nitrogen and oxygen atoms in total. The fraction of sp³-hybridized carbons (Fsp3) is 0.333. The Labute approximate surface area is 167 Å². The Morgan fingerprint density at radius 2 is 1.76 bits per heavy atom. The van der Waals surface area contributed by atoms with Crippen molar-refractivity contribution < 1.29 is 8.78 Å². The molecule has 1 fully saturated rings. The fourth-order valence-electron chi connectivity index (χ4n) is 4.09. The number of imidazole rings is 1. The lowest BCUT2D eigenvalue weighted by Crippen LogP contribution is -2.30. The van der Waals surface area contributed by atoms with Crippen molar-refractivity contribution in [3.8, 4) is 5.82 Å². The summed E-state index contributed by atoms with van der Waals surface area (Å²) in [5.41, 5.74) is 2.36. The Balaban J connectivity index is 1.69. The average Bonchev–Trinajstić information content (AvgIpc) is 2.92. The maximum Gasteiger partial charge on any atom is 0.165 e. The number of likely N-dealkylation sites (N-methyl/N-ethyl adjacent to an activating group) is 1. The quantitative estimate of drug-likeness (QED) is 0.632. The summed E-state index contributed by atoms with van der Waals surface area (Å²) in [7, 11) is 4.02. The maximum atomic E-state index is 14.0. The zero-order valence-corrected chi connectivity index (χ0v) is 16.5. The minimum Gasteiger partial charge on any atom is -0.355 e. The molecule has 0 spiro atoms. The molecule has 29 heavy (non-hydrogen) atoms. The van der Waals surface area contributed by atoms with Gasteiger partial charge < -0.3 is 14.7 Å². The van der Waals surface area contributed by atoms with Crippen LogP contribution in [-0.2, 0) is 0 Å². The van der Waals surface area contributed by atoms with E-state index in [-0.39, 0.29) is 0 Å². The van der Waals surface area contributed by atoms with Crippen LogP contribution in [0.15, 0.2) is 30.8 Å². The SMILES string of the molecule is C=C1c2nc3cc(F)c(F)cc3n2-c2nc(N3CCCN(C)CC3)ccc2N1C. The third-order valence-corrected chi connectivity index (χ3v) is 5.82. The molecule has 0 atom stereocenters. The van der Waals surface area contributed by atoms with Gasteiger partial charge in [0.15, 0.2) is 23.3 Å². The zero-order valence-electron chi connectivity index (χ0n) is 16.5. The smallest absolute Gasteiger partial charge is 0.165 e. The Bertz CT molecular complexity index is 1140. The first kappa shape index (κ1) is 18.1. The number of pyridine rings is 1. The van der Waals surface area contributed by atoms with E-state index in [1.807, 2.05) is 24.1 Å². The van der Waals surface area contributed by atoms with Crippen molar-refractivity contribution in [1.29, 1.82) is 0 Å². The number of anilines is 2. The van der Waals surface area contributed by atoms with Crippen LogP contribution in [0.2, 0.25) is 0 Å². The molecule has 8 heteroatoms. The highest BCUT2D eigenvalue weighted by Gasteiger charge is 2.29. The van der Waals surface area contributed by atoms with Gasteiger partial charge in [0, 0.05) is 38.8 Å². The fourth-order valence-corrected chi connectivity index (χ4v) is 4.09. The van der Waals surface area contributed by atoms with E-state index in [0.29, 0.717) is 28.4 Å². The van der Waals surface area contributed by atoms with Crippen molar-refractivity contribution in [3.63, 3.8) is 0 Å². The molecule has 0 saturated carbocycles. The number of aromatic nitrogens is 3. The van der Waals surface area contributed by atoms with E-state index in [0.717, 1.165) is 50.2 Å². The van der Waals surface area contributed by atoms with Crippen molar-refractivity contribution in [2.45, 2.75) is 6.42 Å². The molecule has 0 bridgehead atoms. The lowest BCUT2D eigenvalue weighted by atomic mass is 10.2. The first-order valence-electron chi connectivity index (χ1n) is 9.69. The van der Waals surface area contributed by atoms with Gasteiger partial charge in [-0.05, 0) is 32.1 Å². The van der Waals surface area contributed by atoms with Gasteiger partial charge >= 0.3 is 0 Å². The number of hydrogen-bond acceptors (Lipinski definition) is 5. The molecule has 2 aromatic heterocycles. The van der Waals surface area contributed by atoms with Crippen molar-refractivity contribution >= 4 is 28.2 Å². The molecule has 0 radical (unpaired) electrons. The van der Waals surface area contributed by atoms with Crippen LogP contribution in [0, 0.1) is 11.6 Å². The van der Waals surface area contributed by atoms with Gasteiger partial charge in [0.2, 0.25) is 0 Å². The highest BCUT2D eigenvalue weighted by atomic mass is 19.2. The topological polar surface area (TPSA) is 40.4 Å². The molecule has 0 unspecified atom stereocenters. The lowest BCUT2D eigenvalue weighted by Gasteiger charge is -2.31. The minimum absolute atomic E-state index is 0.380. The van der Waals surface area contributed by atoms with Crippen LogP contribution in [0.5, 0.6) is 0 Å². The number of fused-ring (bicyclic) bond motifs is 5. The van der Waals surface area contributed by atoms with Gasteiger partial charge in [-0.3, -0.25) is 4.57 Å². The first-order valence-corrected chi connectivity index (χ1v) is 9.69. The van der Waals surface area contributed by atoms with Gasteiger partial charge in [-0.2, -0.15) is 0 Å². The largest absolute Gasteiger partial charge is 0.355 e. The van der Waals surface area contributed by atoms with Crippen LogP contribution < -0.4 is 9.80 Å². The van der Waals surface area contributed by atoms with Crippen LogP contribution in [0.4, 0.5) is 20.3 Å². The molecule has 2 aliphatic rings. The van der Waals surface area contributed by atoms with Gasteiger partial charge in [0.1, 0.15) is 5.82 Å². The van der Waals surface area contributed by atoms with Crippen LogP contribution >= 0.6 is 0 Å². The molecule has 2 aliphatic heterocycles. The lowest BCUT2D eigenvalue weighted by molar-refractivity contribution is 0.360. The number of benzene rings is 1. The summed E-state index contributed by atoms with van der Waals surface area (Å²) in [6.45, 7) is 7.97. The van der Waals surface area contributed by atoms with E-state index in [1.54, 1.807) is 4.57 Å². The molecule has 5 rings (SSSR count). The van der Waals surface area contributed by atoms with Crippen molar-refractivity contribution in [2.75, 3.05) is 50.1 Å². The molecule has 0 amide bonds. The number of halogens is 2. The number of nitrogens with zero attached hydrogens (tertiary/aromatic N) is 6. The predicted octanol–water partition coefficient (Wildman–Crippen LogP) is 3.26. The Kier molecular flexibility index (Phi) is 4.06. The third kappa shape index (κ3) is 2.78. The normalized spacial score (nSPS) is 17.4. The summed E-state index contributed by atoms with van der Waals surface area (Å²) in [5.74, 6) is 0.245. The summed E-state index contributed by atoms with van der Waals surface area (Å²) in [6.07, 6.45) is 1.07. The molecule has 0 N–H and O–H groups in total. The van der Waals surface area contributed by atoms with Gasteiger partial charge in [-0.15, -0.1) is 0 Å². The number of hydrogen-bond donors (Lipinski definition) is 0. The first-order chi connectivity index (χ1) is 13.9. The number of rotatable bonds is 1. The van der Waals surface area contributed by atoms with Crippen molar-refractivity contribution in [1.82, 2.24) is 19.4 Å². The summed E-state index contributed by atoms with van der Waals surface area (Å²) in [6, 6.07) is 6.32. The average molecular weight is 396 g/mol. The van der Waals surface area contributed by atoms with Gasteiger partial charge in [0.25, 0.3) is 0 Å². The van der Waals surface area contributed by atoms with Gasteiger partial charge in [0.05, 0.1) is 22.4 Å². The van der Waals surface area contributed by atoms with Crippen LogP contribution in [0.1, 0.15) is 12.2 Å². The van der Waals surface area contributed by atoms with E-state index in [1.165, 1.54) is 6.07 Å². The maximum absolute atomic E-state index is 14.0. The molecule has 4 heterocycles. The van der Waals surface area contributed by atoms with E-state index in [4.69, 9.17) is 4.98 Å². The van der Waals surface area contributed by atoms with Crippen LogP contribution in [-0.4, -0.2) is 59.7 Å². The van der Waals surface area contributed by atoms with Crippen LogP contribution in [0.3, 0.4) is 0 Å². The summed E-state index contributed by atoms with van der Waals surface area (Å²) < 4.78 is 29.6. The standard InChI is InChI=1S/C21H22F2N6/c1-13-20-24-16-11-14(22)15(23)12-18(16)29(20)21-17(27(13)3)5-6-19(25-21)28-8-4-7-26(2)9-10-28/h5-6,11-12H,1,4,7-10H2,2-3H3. The van der Waals surface area contributed by atoms with Gasteiger partial charge in [-0.1, -0.05) is 6.58 Å². The summed E-state index contributed by atoms with van der Waals surface area (Å²) >= 11 is 0. The predicted molar refractivity (Wildman–Crippen MR) is 111 cm³/mol. The molecule has 1 aromatic carbocycles. The second-order valence-electron chi connectivity index (χ2n) is 7.69. The Hall–Kier alpha value is -3.00. The monoisotopic (exact) mass is 396 g/mol. The Morgan fingerprint density at radius 1 is 0.966 bits per heavy atom. The Morgan fingerprint density at radius 3 is 2.59 bits per heavy atom. The highest BCUT2D eigenvalue weighted by molar-refractivity contribution is 5.91. The molecule has 3 aromatic rings. The molecular weight excluding hydrogens is 374 g/mol. The second-order valence-corrected chi connectivity index (χ2v) is 7.69. The van der Waals surface area contributed by atoms with E-state index < -0.39 is 11.6 Å². The van der Waals surface area contributed by atoms with Crippen LogP contribution in [0.25, 0.3) is 22.5 Å². The van der Waals surface area contributed by atoms with Crippen molar-refractivity contribution in [3.05, 3.63) is 48.3 Å². The molecule has 1 saturated heterocycles. The molecule has 150 valence electrons. The van der Waals surface area contributed by atoms with E-state index in [9.17, 15) is 8.78 Å². The summed E-state index contributed by atoms with van der Waals surface area (Å²) in [5, 5.41) is 0. The summed E-state index contributed by atoms with van der Waals surface area (Å²) in [4.78, 5) is 15.9. The third-order valence-electron chi connectivity index (χ3n) is 5.82. The van der Waals surface area contributed by atoms with Gasteiger partial charge in [-0.25, -0.2) is 18.7 Å². The van der Waals surface area contributed by atoms with E-state index in [2.05, 4.69) is 28.4 Å². The molecular formula is C21H22F2N6. The van der Waals surface area contributed by atoms with Crippen molar-refractivity contribution in [2.24, 2.45) is 0 Å².